The first-order valence-corrected chi connectivity index (χ1v) is 9.93. The maximum absolute atomic E-state index is 12.4. The number of aromatic nitrogens is 2. The van der Waals surface area contributed by atoms with E-state index in [4.69, 9.17) is 27.6 Å². The fourth-order valence-electron chi connectivity index (χ4n) is 2.68. The summed E-state index contributed by atoms with van der Waals surface area (Å²) in [7, 11) is 0. The van der Waals surface area contributed by atoms with Gasteiger partial charge < -0.3 is 9.52 Å². The van der Waals surface area contributed by atoms with Gasteiger partial charge in [-0.25, -0.2) is 0 Å². The number of thioether (sulfide) groups is 1. The van der Waals surface area contributed by atoms with Gasteiger partial charge in [-0.3, -0.25) is 4.79 Å². The van der Waals surface area contributed by atoms with E-state index in [2.05, 4.69) is 10.2 Å². The molecule has 0 aliphatic heterocycles. The molecule has 1 heterocycles. The van der Waals surface area contributed by atoms with E-state index in [0.29, 0.717) is 22.2 Å². The van der Waals surface area contributed by atoms with Crippen LogP contribution in [-0.2, 0) is 0 Å². The van der Waals surface area contributed by atoms with Gasteiger partial charge in [-0.15, -0.1) is 33.4 Å². The van der Waals surface area contributed by atoms with Crippen molar-refractivity contribution in [3.05, 3.63) is 59.7 Å². The van der Waals surface area contributed by atoms with E-state index in [0.717, 1.165) is 12.0 Å². The van der Waals surface area contributed by atoms with E-state index < -0.39 is 4.33 Å². The molecule has 0 radical (unpaired) electrons. The predicted octanol–water partition coefficient (Wildman–Crippen LogP) is 5.08. The first kappa shape index (κ1) is 18.3. The number of hydrogen-bond acceptors (Lipinski definition) is 6. The Balaban J connectivity index is 1.36. The van der Waals surface area contributed by atoms with Crippen molar-refractivity contribution in [2.24, 2.45) is 0 Å². The molecule has 3 aromatic rings. The number of phenolic OH excluding ortho intramolecular Hbond substituents is 1. The molecule has 8 heteroatoms. The molecule has 1 aromatic heterocycles. The summed E-state index contributed by atoms with van der Waals surface area (Å²) >= 11 is 13.3. The van der Waals surface area contributed by atoms with Crippen molar-refractivity contribution in [1.82, 2.24) is 10.2 Å². The minimum atomic E-state index is -0.672. The summed E-state index contributed by atoms with van der Waals surface area (Å²) in [6.07, 6.45) is 0.736. The minimum Gasteiger partial charge on any atom is -0.508 e. The lowest BCUT2D eigenvalue weighted by Gasteiger charge is -2.03. The van der Waals surface area contributed by atoms with E-state index in [9.17, 15) is 9.90 Å². The molecule has 2 aromatic carbocycles. The number of nitrogens with zero attached hydrogens (tertiary/aromatic N) is 2. The highest BCUT2D eigenvalue weighted by Gasteiger charge is 2.52. The molecule has 5 nitrogen and oxygen atoms in total. The van der Waals surface area contributed by atoms with Crippen molar-refractivity contribution in [2.75, 3.05) is 5.75 Å². The van der Waals surface area contributed by atoms with Crippen molar-refractivity contribution in [3.63, 3.8) is 0 Å². The van der Waals surface area contributed by atoms with Crippen LogP contribution in [0.15, 0.2) is 58.2 Å². The molecule has 1 aliphatic rings. The van der Waals surface area contributed by atoms with Gasteiger partial charge in [0.05, 0.1) is 5.75 Å². The number of Topliss-reactive ketones (excluding diaryl/α,β-unsaturated/α-hetero) is 1. The Labute approximate surface area is 169 Å². The molecule has 0 saturated heterocycles. The number of carbonyl (C=O) groups excluding carboxylic acids is 1. The Morgan fingerprint density at radius 2 is 1.81 bits per heavy atom. The number of carbonyl (C=O) groups is 1. The van der Waals surface area contributed by atoms with E-state index in [-0.39, 0.29) is 23.2 Å². The van der Waals surface area contributed by atoms with Crippen LogP contribution in [0.25, 0.3) is 11.5 Å². The van der Waals surface area contributed by atoms with Crippen LogP contribution < -0.4 is 0 Å². The zero-order chi connectivity index (χ0) is 19.0. The van der Waals surface area contributed by atoms with Gasteiger partial charge in [0.2, 0.25) is 5.89 Å². The van der Waals surface area contributed by atoms with Crippen molar-refractivity contribution in [3.8, 4) is 17.2 Å². The Hall–Kier alpha value is -2.02. The Morgan fingerprint density at radius 3 is 2.44 bits per heavy atom. The number of rotatable bonds is 6. The molecular weight excluding hydrogens is 407 g/mol. The van der Waals surface area contributed by atoms with Crippen molar-refractivity contribution >= 4 is 40.7 Å². The number of aromatic hydroxyl groups is 1. The van der Waals surface area contributed by atoms with Gasteiger partial charge in [0.15, 0.2) is 5.78 Å². The summed E-state index contributed by atoms with van der Waals surface area (Å²) in [6.45, 7) is 0. The highest BCUT2D eigenvalue weighted by molar-refractivity contribution is 7.99. The van der Waals surface area contributed by atoms with E-state index in [1.54, 1.807) is 36.4 Å². The number of alkyl halides is 2. The second kappa shape index (κ2) is 7.19. The van der Waals surface area contributed by atoms with Gasteiger partial charge in [-0.1, -0.05) is 36.0 Å². The largest absolute Gasteiger partial charge is 0.508 e. The summed E-state index contributed by atoms with van der Waals surface area (Å²) in [5, 5.41) is 17.5. The molecule has 0 amide bonds. The Kier molecular flexibility index (Phi) is 4.88. The monoisotopic (exact) mass is 420 g/mol. The Bertz CT molecular complexity index is 971. The van der Waals surface area contributed by atoms with Gasteiger partial charge in [0.25, 0.3) is 5.22 Å². The zero-order valence-electron chi connectivity index (χ0n) is 13.9. The van der Waals surface area contributed by atoms with Crippen LogP contribution in [0, 0.1) is 0 Å². The van der Waals surface area contributed by atoms with Crippen LogP contribution in [0.4, 0.5) is 0 Å². The number of ketones is 1. The van der Waals surface area contributed by atoms with Crippen LogP contribution >= 0.6 is 35.0 Å². The van der Waals surface area contributed by atoms with Crippen LogP contribution in [0.3, 0.4) is 0 Å². The van der Waals surface area contributed by atoms with Crippen molar-refractivity contribution in [1.29, 1.82) is 0 Å². The lowest BCUT2D eigenvalue weighted by atomic mass is 10.1. The maximum atomic E-state index is 12.4. The number of hydrogen-bond donors (Lipinski definition) is 1. The number of halogens is 2. The van der Waals surface area contributed by atoms with Gasteiger partial charge >= 0.3 is 0 Å². The normalized spacial score (nSPS) is 17.6. The van der Waals surface area contributed by atoms with Crippen molar-refractivity contribution < 1.29 is 14.3 Å². The average molecular weight is 421 g/mol. The van der Waals surface area contributed by atoms with Gasteiger partial charge in [-0.05, 0) is 36.2 Å². The highest BCUT2D eigenvalue weighted by Crippen LogP contribution is 2.59. The van der Waals surface area contributed by atoms with E-state index >= 15 is 0 Å². The first-order valence-electron chi connectivity index (χ1n) is 8.19. The van der Waals surface area contributed by atoms with E-state index in [1.165, 1.54) is 11.8 Å². The molecule has 0 unspecified atom stereocenters. The summed E-state index contributed by atoms with van der Waals surface area (Å²) in [5.41, 5.74) is 2.35. The average Bonchev–Trinajstić information content (AvgIpc) is 3.07. The quantitative estimate of drug-likeness (QED) is 0.340. The van der Waals surface area contributed by atoms with Crippen LogP contribution in [0.1, 0.15) is 28.3 Å². The smallest absolute Gasteiger partial charge is 0.277 e. The molecule has 1 aliphatic carbocycles. The summed E-state index contributed by atoms with van der Waals surface area (Å²) in [4.78, 5) is 12.4. The zero-order valence-corrected chi connectivity index (χ0v) is 16.3. The number of benzene rings is 2. The summed E-state index contributed by atoms with van der Waals surface area (Å²) in [5.74, 6) is 0.790. The van der Waals surface area contributed by atoms with Gasteiger partial charge in [0.1, 0.15) is 10.1 Å². The third kappa shape index (κ3) is 4.13. The molecule has 0 bridgehead atoms. The highest BCUT2D eigenvalue weighted by atomic mass is 35.5. The lowest BCUT2D eigenvalue weighted by Crippen LogP contribution is -2.02. The standard InChI is InChI=1S/C19H14Cl2N2O3S/c20-19(21)9-15(19)11-1-3-12(4-2-11)16(25)10-27-18-23-22-17(26-18)13-5-7-14(24)8-6-13/h1-8,15,24H,9-10H2/t15-/m1/s1. The molecule has 27 heavy (non-hydrogen) atoms. The van der Waals surface area contributed by atoms with Gasteiger partial charge in [-0.2, -0.15) is 0 Å². The Morgan fingerprint density at radius 1 is 1.15 bits per heavy atom. The van der Waals surface area contributed by atoms with Crippen LogP contribution in [0.2, 0.25) is 0 Å². The maximum Gasteiger partial charge on any atom is 0.277 e. The third-order valence-corrected chi connectivity index (χ3v) is 5.96. The lowest BCUT2D eigenvalue weighted by molar-refractivity contribution is 0.102. The van der Waals surface area contributed by atoms with Crippen LogP contribution in [-0.4, -0.2) is 31.2 Å². The van der Waals surface area contributed by atoms with E-state index in [1.807, 2.05) is 12.1 Å². The molecule has 4 rings (SSSR count). The molecule has 1 N–H and O–H groups in total. The molecular formula is C19H14Cl2N2O3S. The minimum absolute atomic E-state index is 0.0326. The molecule has 0 spiro atoms. The predicted molar refractivity (Wildman–Crippen MR) is 105 cm³/mol. The SMILES string of the molecule is O=C(CSc1nnc(-c2ccc(O)cc2)o1)c1ccc([C@H]2CC2(Cl)Cl)cc1. The molecule has 1 fully saturated rings. The second-order valence-corrected chi connectivity index (χ2v) is 8.74. The molecule has 1 saturated carbocycles. The second-order valence-electron chi connectivity index (χ2n) is 6.27. The molecule has 1 atom stereocenters. The molecule has 138 valence electrons. The first-order chi connectivity index (χ1) is 12.9. The van der Waals surface area contributed by atoms with Crippen LogP contribution in [0.5, 0.6) is 5.75 Å². The third-order valence-electron chi connectivity index (χ3n) is 4.31. The summed E-state index contributed by atoms with van der Waals surface area (Å²) in [6, 6.07) is 13.8. The van der Waals surface area contributed by atoms with Gasteiger partial charge in [0, 0.05) is 17.0 Å². The topological polar surface area (TPSA) is 76.2 Å². The summed E-state index contributed by atoms with van der Waals surface area (Å²) < 4.78 is 4.88. The number of phenols is 1. The van der Waals surface area contributed by atoms with Crippen molar-refractivity contribution in [2.45, 2.75) is 21.9 Å². The fourth-order valence-corrected chi connectivity index (χ4v) is 3.89. The fraction of sp³-hybridized carbons (Fsp3) is 0.211.